The lowest BCUT2D eigenvalue weighted by Gasteiger charge is -2.25. The first-order chi connectivity index (χ1) is 20.6. The Hall–Kier alpha value is -2.17. The Morgan fingerprint density at radius 1 is 0.523 bits per heavy atom. The van der Waals surface area contributed by atoms with Crippen LogP contribution in [0.1, 0.15) is 58.2 Å². The Kier molecular flexibility index (Phi) is 17.0. The fourth-order valence-corrected chi connectivity index (χ4v) is 8.55. The van der Waals surface area contributed by atoms with Gasteiger partial charge in [-0.05, 0) is 125 Å². The summed E-state index contributed by atoms with van der Waals surface area (Å²) in [6.07, 6.45) is 0. The molecule has 3 aromatic rings. The Morgan fingerprint density at radius 3 is 1.11 bits per heavy atom. The van der Waals surface area contributed by atoms with Crippen LogP contribution in [-0.4, -0.2) is 75.0 Å². The predicted octanol–water partition coefficient (Wildman–Crippen LogP) is 5.56. The van der Waals surface area contributed by atoms with Crippen molar-refractivity contribution in [2.24, 2.45) is 0 Å². The summed E-state index contributed by atoms with van der Waals surface area (Å²) >= 11 is 0. The first-order valence-corrected chi connectivity index (χ1v) is 19.3. The molecule has 0 heterocycles. The van der Waals surface area contributed by atoms with E-state index in [0.717, 1.165) is 22.0 Å². The zero-order valence-electron chi connectivity index (χ0n) is 27.7. The van der Waals surface area contributed by atoms with Crippen molar-refractivity contribution in [1.29, 1.82) is 0 Å². The summed E-state index contributed by atoms with van der Waals surface area (Å²) in [6, 6.07) is 16.4. The second-order valence-electron chi connectivity index (χ2n) is 10.2. The van der Waals surface area contributed by atoms with Gasteiger partial charge in [-0.3, -0.25) is 9.11 Å². The topological polar surface area (TPSA) is 115 Å². The SMILES string of the molecule is CCN(CC)CC.CCN(CC)CC.Cc1ccccc1P(c1cc(S(=O)(=O)O)ccc1C)c1cc(S(=O)(=O)O)ccc1C. The minimum absolute atomic E-state index is 0.229. The van der Waals surface area contributed by atoms with Gasteiger partial charge in [0, 0.05) is 0 Å². The van der Waals surface area contributed by atoms with Crippen LogP contribution >= 0.6 is 7.92 Å². The third kappa shape index (κ3) is 12.0. The molecule has 0 amide bonds. The number of rotatable bonds is 11. The van der Waals surface area contributed by atoms with Crippen LogP contribution in [0.4, 0.5) is 0 Å². The van der Waals surface area contributed by atoms with Gasteiger partial charge in [0.05, 0.1) is 9.79 Å². The molecule has 2 N–H and O–H groups in total. The molecular weight excluding hydrogens is 615 g/mol. The molecule has 0 bridgehead atoms. The van der Waals surface area contributed by atoms with Crippen molar-refractivity contribution in [3.63, 3.8) is 0 Å². The van der Waals surface area contributed by atoms with Gasteiger partial charge in [-0.2, -0.15) is 16.8 Å². The maximum atomic E-state index is 11.8. The number of hydrogen-bond donors (Lipinski definition) is 2. The van der Waals surface area contributed by atoms with Crippen molar-refractivity contribution < 1.29 is 25.9 Å². The van der Waals surface area contributed by atoms with Crippen LogP contribution in [-0.2, 0) is 20.2 Å². The predicted molar refractivity (Wildman–Crippen MR) is 186 cm³/mol. The highest BCUT2D eigenvalue weighted by atomic mass is 32.2. The van der Waals surface area contributed by atoms with Crippen molar-refractivity contribution in [2.75, 3.05) is 39.3 Å². The Morgan fingerprint density at radius 2 is 0.841 bits per heavy atom. The largest absolute Gasteiger partial charge is 0.304 e. The molecule has 44 heavy (non-hydrogen) atoms. The van der Waals surface area contributed by atoms with Gasteiger partial charge in [-0.1, -0.05) is 77.9 Å². The Balaban J connectivity index is 0.000000574. The maximum Gasteiger partial charge on any atom is 0.294 e. The van der Waals surface area contributed by atoms with Crippen molar-refractivity contribution in [3.8, 4) is 0 Å². The second-order valence-corrected chi connectivity index (χ2v) is 15.2. The van der Waals surface area contributed by atoms with Gasteiger partial charge in [-0.15, -0.1) is 0 Å². The van der Waals surface area contributed by atoms with Crippen molar-refractivity contribution >= 4 is 44.1 Å². The Labute approximate surface area is 267 Å². The second kappa shape index (κ2) is 18.7. The van der Waals surface area contributed by atoms with Crippen LogP contribution in [0.15, 0.2) is 70.5 Å². The third-order valence-electron chi connectivity index (χ3n) is 7.48. The van der Waals surface area contributed by atoms with Crippen molar-refractivity contribution in [1.82, 2.24) is 9.80 Å². The Bertz CT molecular complexity index is 1430. The molecule has 0 atom stereocenters. The molecule has 0 saturated carbocycles. The van der Waals surface area contributed by atoms with Crippen molar-refractivity contribution in [3.05, 3.63) is 77.4 Å². The van der Waals surface area contributed by atoms with Gasteiger partial charge in [0.1, 0.15) is 0 Å². The molecule has 3 aromatic carbocycles. The average Bonchev–Trinajstić information content (AvgIpc) is 2.97. The highest BCUT2D eigenvalue weighted by Crippen LogP contribution is 2.37. The first-order valence-electron chi connectivity index (χ1n) is 15.1. The van der Waals surface area contributed by atoms with E-state index in [9.17, 15) is 25.9 Å². The smallest absolute Gasteiger partial charge is 0.294 e. The zero-order valence-corrected chi connectivity index (χ0v) is 30.2. The van der Waals surface area contributed by atoms with Gasteiger partial charge in [0.25, 0.3) is 20.2 Å². The molecule has 0 radical (unpaired) electrons. The van der Waals surface area contributed by atoms with E-state index >= 15 is 0 Å². The van der Waals surface area contributed by atoms with E-state index in [1.165, 1.54) is 63.5 Å². The van der Waals surface area contributed by atoms with Gasteiger partial charge in [0.2, 0.25) is 0 Å². The van der Waals surface area contributed by atoms with E-state index in [1.807, 2.05) is 45.0 Å². The molecule has 0 aliphatic heterocycles. The van der Waals surface area contributed by atoms with Gasteiger partial charge < -0.3 is 9.80 Å². The molecule has 0 aliphatic carbocycles. The first kappa shape index (κ1) is 39.9. The summed E-state index contributed by atoms with van der Waals surface area (Å²) in [4.78, 5) is 4.29. The van der Waals surface area contributed by atoms with E-state index < -0.39 is 28.2 Å². The van der Waals surface area contributed by atoms with Gasteiger partial charge in [0.15, 0.2) is 0 Å². The normalized spacial score (nSPS) is 11.7. The van der Waals surface area contributed by atoms with Crippen LogP contribution < -0.4 is 15.9 Å². The summed E-state index contributed by atoms with van der Waals surface area (Å²) in [5.41, 5.74) is 2.55. The highest BCUT2D eigenvalue weighted by molar-refractivity contribution is 7.86. The molecule has 8 nitrogen and oxygen atoms in total. The lowest BCUT2D eigenvalue weighted by Crippen LogP contribution is -2.26. The summed E-state index contributed by atoms with van der Waals surface area (Å²) in [7, 11) is -10.2. The minimum atomic E-state index is -4.42. The van der Waals surface area contributed by atoms with Crippen LogP contribution in [0.3, 0.4) is 0 Å². The molecule has 11 heteroatoms. The summed E-state index contributed by atoms with van der Waals surface area (Å²) in [5.74, 6) is 0. The molecule has 246 valence electrons. The average molecular weight is 667 g/mol. The van der Waals surface area contributed by atoms with Crippen molar-refractivity contribution in [2.45, 2.75) is 72.1 Å². The van der Waals surface area contributed by atoms with Crippen LogP contribution in [0.2, 0.25) is 0 Å². The van der Waals surface area contributed by atoms with E-state index in [4.69, 9.17) is 0 Å². The molecule has 0 aromatic heterocycles. The summed E-state index contributed by atoms with van der Waals surface area (Å²) in [5, 5.41) is 2.26. The van der Waals surface area contributed by atoms with E-state index in [-0.39, 0.29) is 9.79 Å². The molecule has 0 fully saturated rings. The van der Waals surface area contributed by atoms with Crippen LogP contribution in [0.5, 0.6) is 0 Å². The highest BCUT2D eigenvalue weighted by Gasteiger charge is 2.25. The molecular formula is C33H51N2O6PS2. The quantitative estimate of drug-likeness (QED) is 0.202. The lowest BCUT2D eigenvalue weighted by molar-refractivity contribution is 0.321. The number of hydrogen-bond acceptors (Lipinski definition) is 6. The third-order valence-corrected chi connectivity index (χ3v) is 12.1. The minimum Gasteiger partial charge on any atom is -0.304 e. The summed E-state index contributed by atoms with van der Waals surface area (Å²) < 4.78 is 66.2. The molecule has 0 unspecified atom stereocenters. The number of nitrogens with zero attached hydrogens (tertiary/aromatic N) is 2. The van der Waals surface area contributed by atoms with Crippen LogP contribution in [0, 0.1) is 20.8 Å². The van der Waals surface area contributed by atoms with Gasteiger partial charge >= 0.3 is 0 Å². The number of benzene rings is 3. The van der Waals surface area contributed by atoms with E-state index in [2.05, 4.69) is 51.3 Å². The molecule has 0 aliphatic rings. The van der Waals surface area contributed by atoms with E-state index in [1.54, 1.807) is 12.1 Å². The number of aryl methyl sites for hydroxylation is 3. The van der Waals surface area contributed by atoms with Gasteiger partial charge in [-0.25, -0.2) is 0 Å². The standard InChI is InChI=1S/C21H21O6PS2.2C6H15N/c1-14-6-4-5-7-19(14)28(20-12-17(29(22,23)24)10-8-15(20)2)21-13-18(30(25,26)27)11-9-16(21)3;2*1-4-7(5-2)6-3/h4-13H,1-3H3,(H,22,23,24)(H,25,26,27);2*4-6H2,1-3H3. The molecule has 0 spiro atoms. The van der Waals surface area contributed by atoms with E-state index in [0.29, 0.717) is 10.6 Å². The lowest BCUT2D eigenvalue weighted by atomic mass is 10.2. The fraction of sp³-hybridized carbons (Fsp3) is 0.455. The monoisotopic (exact) mass is 666 g/mol. The zero-order chi connectivity index (χ0) is 33.7. The fourth-order valence-electron chi connectivity index (χ4n) is 4.53. The van der Waals surface area contributed by atoms with Crippen LogP contribution in [0.25, 0.3) is 0 Å². The summed E-state index contributed by atoms with van der Waals surface area (Å²) in [6.45, 7) is 25.8. The maximum absolute atomic E-state index is 11.8. The molecule has 0 saturated heterocycles. The molecule has 3 rings (SSSR count).